The van der Waals surface area contributed by atoms with Crippen molar-refractivity contribution in [3.63, 3.8) is 0 Å². The number of carbonyl (C=O) groups excluding carboxylic acids is 1. The highest BCUT2D eigenvalue weighted by Crippen LogP contribution is 2.39. The Hall–Kier alpha value is -3.62. The molecule has 4 aromatic rings. The van der Waals surface area contributed by atoms with E-state index in [9.17, 15) is 18.4 Å². The third-order valence-corrected chi connectivity index (χ3v) is 5.84. The molecule has 10 heteroatoms. The Balaban J connectivity index is 2.16. The van der Waals surface area contributed by atoms with Crippen LogP contribution in [0.3, 0.4) is 0 Å². The highest BCUT2D eigenvalue weighted by Gasteiger charge is 2.28. The molecule has 0 atom stereocenters. The van der Waals surface area contributed by atoms with Gasteiger partial charge in [0.2, 0.25) is 0 Å². The van der Waals surface area contributed by atoms with Gasteiger partial charge in [-0.3, -0.25) is 14.6 Å². The fourth-order valence-electron chi connectivity index (χ4n) is 3.67. The molecule has 0 aliphatic heterocycles. The van der Waals surface area contributed by atoms with Gasteiger partial charge < -0.3 is 4.90 Å². The van der Waals surface area contributed by atoms with Crippen molar-refractivity contribution in [2.45, 2.75) is 20.4 Å². The topological polar surface area (TPSA) is 68.1 Å². The van der Waals surface area contributed by atoms with E-state index >= 15 is 0 Å². The lowest BCUT2D eigenvalue weighted by molar-refractivity contribution is 0.101. The average molecular weight is 515 g/mol. The van der Waals surface area contributed by atoms with E-state index in [1.807, 2.05) is 0 Å². The number of nitrogens with zero attached hydrogens (tertiary/aromatic N) is 4. The first kappa shape index (κ1) is 24.5. The van der Waals surface area contributed by atoms with Crippen LogP contribution in [0, 0.1) is 11.6 Å². The van der Waals surface area contributed by atoms with Crippen LogP contribution in [0.2, 0.25) is 10.0 Å². The van der Waals surface area contributed by atoms with Crippen molar-refractivity contribution in [2.75, 3.05) is 4.90 Å². The van der Waals surface area contributed by atoms with E-state index in [4.69, 9.17) is 23.2 Å². The third-order valence-electron chi connectivity index (χ3n) is 5.26. The van der Waals surface area contributed by atoms with Crippen LogP contribution in [0.4, 0.5) is 25.8 Å². The van der Waals surface area contributed by atoms with Gasteiger partial charge in [-0.15, -0.1) is 0 Å². The van der Waals surface area contributed by atoms with Gasteiger partial charge in [0, 0.05) is 35.9 Å². The zero-order chi connectivity index (χ0) is 25.3. The van der Waals surface area contributed by atoms with Crippen LogP contribution in [0.25, 0.3) is 11.3 Å². The van der Waals surface area contributed by atoms with Crippen molar-refractivity contribution in [2.24, 2.45) is 0 Å². The molecule has 4 rings (SSSR count). The number of pyridine rings is 1. The molecule has 2 heterocycles. The molecule has 2 aromatic heterocycles. The Labute approximate surface area is 209 Å². The lowest BCUT2D eigenvalue weighted by Gasteiger charge is -2.28. The molecule has 0 N–H and O–H groups in total. The van der Waals surface area contributed by atoms with E-state index in [0.29, 0.717) is 5.56 Å². The zero-order valence-corrected chi connectivity index (χ0v) is 20.1. The maximum atomic E-state index is 14.0. The van der Waals surface area contributed by atoms with Gasteiger partial charge in [0.25, 0.3) is 5.56 Å². The molecule has 0 saturated carbocycles. The molecule has 178 valence electrons. The van der Waals surface area contributed by atoms with E-state index in [-0.39, 0.29) is 44.9 Å². The van der Waals surface area contributed by atoms with Gasteiger partial charge in [0.1, 0.15) is 23.0 Å². The zero-order valence-electron chi connectivity index (χ0n) is 18.6. The number of anilines is 3. The van der Waals surface area contributed by atoms with Crippen LogP contribution < -0.4 is 10.5 Å². The normalized spacial score (nSPS) is 10.9. The van der Waals surface area contributed by atoms with Gasteiger partial charge in [-0.2, -0.15) is 5.10 Å². The molecule has 0 amide bonds. The second kappa shape index (κ2) is 9.93. The van der Waals surface area contributed by atoms with Gasteiger partial charge in [0.05, 0.1) is 15.6 Å². The Morgan fingerprint density at radius 3 is 2.09 bits per heavy atom. The standard InChI is InChI=1S/C25H18Cl2F2N4O2/c1-3-32-25(35)24(22(14(2)34)23(31-32)15-5-4-10-30-13-15)33(16-6-8-20(28)18(26)11-16)17-7-9-21(29)19(27)12-17/h4-13H,3H2,1-2H3. The number of Topliss-reactive ketones (excluding diaryl/α,β-unsaturated/α-hetero) is 1. The van der Waals surface area contributed by atoms with E-state index < -0.39 is 23.0 Å². The number of hydrogen-bond donors (Lipinski definition) is 0. The molecule has 0 aliphatic rings. The fourth-order valence-corrected chi connectivity index (χ4v) is 4.02. The van der Waals surface area contributed by atoms with Crippen LogP contribution in [0.1, 0.15) is 24.2 Å². The summed E-state index contributed by atoms with van der Waals surface area (Å²) in [5.74, 6) is -1.79. The van der Waals surface area contributed by atoms with Gasteiger partial charge in [0.15, 0.2) is 5.78 Å². The molecule has 0 spiro atoms. The van der Waals surface area contributed by atoms with Crippen molar-refractivity contribution in [1.29, 1.82) is 0 Å². The summed E-state index contributed by atoms with van der Waals surface area (Å²) in [4.78, 5) is 32.2. The SMILES string of the molecule is CCn1nc(-c2cccnc2)c(C(C)=O)c(N(c2ccc(F)c(Cl)c2)c2ccc(F)c(Cl)c2)c1=O. The number of hydrogen-bond acceptors (Lipinski definition) is 5. The van der Waals surface area contributed by atoms with Crippen molar-refractivity contribution in [3.05, 3.63) is 98.5 Å². The maximum absolute atomic E-state index is 14.0. The lowest BCUT2D eigenvalue weighted by Crippen LogP contribution is -2.31. The summed E-state index contributed by atoms with van der Waals surface area (Å²) in [5, 5.41) is 4.01. The molecular weight excluding hydrogens is 497 g/mol. The summed E-state index contributed by atoms with van der Waals surface area (Å²) in [7, 11) is 0. The Bertz CT molecular complexity index is 1440. The van der Waals surface area contributed by atoms with Gasteiger partial charge >= 0.3 is 0 Å². The van der Waals surface area contributed by atoms with E-state index in [0.717, 1.165) is 12.1 Å². The van der Waals surface area contributed by atoms with Gasteiger partial charge in [-0.25, -0.2) is 13.5 Å². The number of halogens is 4. The summed E-state index contributed by atoms with van der Waals surface area (Å²) >= 11 is 12.1. The molecule has 0 bridgehead atoms. The maximum Gasteiger partial charge on any atom is 0.291 e. The Morgan fingerprint density at radius 2 is 1.63 bits per heavy atom. The fraction of sp³-hybridized carbons (Fsp3) is 0.120. The molecule has 0 aliphatic carbocycles. The van der Waals surface area contributed by atoms with E-state index in [1.165, 1.54) is 47.0 Å². The predicted octanol–water partition coefficient (Wildman–Crippen LogP) is 6.58. The van der Waals surface area contributed by atoms with Crippen molar-refractivity contribution >= 4 is 46.0 Å². The summed E-state index contributed by atoms with van der Waals surface area (Å²) in [5.41, 5.74) is 0.594. The smallest absolute Gasteiger partial charge is 0.291 e. The van der Waals surface area contributed by atoms with E-state index in [1.54, 1.807) is 25.3 Å². The molecule has 0 radical (unpaired) electrons. The number of ketones is 1. The van der Waals surface area contributed by atoms with Crippen LogP contribution >= 0.6 is 23.2 Å². The Kier molecular flexibility index (Phi) is 6.95. The minimum absolute atomic E-state index is 0.00796. The number of benzene rings is 2. The molecule has 2 aromatic carbocycles. The number of aryl methyl sites for hydroxylation is 1. The molecular formula is C25H18Cl2F2N4O2. The number of aromatic nitrogens is 3. The largest absolute Gasteiger partial charge is 0.305 e. The quantitative estimate of drug-likeness (QED) is 0.271. The monoisotopic (exact) mass is 514 g/mol. The summed E-state index contributed by atoms with van der Waals surface area (Å²) < 4.78 is 29.2. The van der Waals surface area contributed by atoms with Gasteiger partial charge in [-0.1, -0.05) is 23.2 Å². The van der Waals surface area contributed by atoms with Crippen LogP contribution in [-0.4, -0.2) is 20.5 Å². The Morgan fingerprint density at radius 1 is 1.03 bits per heavy atom. The summed E-state index contributed by atoms with van der Waals surface area (Å²) in [6, 6.07) is 11.0. The molecule has 35 heavy (non-hydrogen) atoms. The minimum atomic E-state index is -0.670. The first-order valence-electron chi connectivity index (χ1n) is 10.5. The van der Waals surface area contributed by atoms with Crippen molar-refractivity contribution in [3.8, 4) is 11.3 Å². The first-order chi connectivity index (χ1) is 16.7. The summed E-state index contributed by atoms with van der Waals surface area (Å²) in [6.45, 7) is 3.23. The molecule has 0 unspecified atom stereocenters. The van der Waals surface area contributed by atoms with Crippen molar-refractivity contribution < 1.29 is 13.6 Å². The van der Waals surface area contributed by atoms with Crippen LogP contribution in [0.15, 0.2) is 65.7 Å². The average Bonchev–Trinajstić information content (AvgIpc) is 2.84. The minimum Gasteiger partial charge on any atom is -0.305 e. The molecule has 0 fully saturated rings. The second-order valence-corrected chi connectivity index (χ2v) is 8.34. The third kappa shape index (κ3) is 4.67. The number of rotatable bonds is 6. The summed E-state index contributed by atoms with van der Waals surface area (Å²) in [6.07, 6.45) is 3.10. The second-order valence-electron chi connectivity index (χ2n) is 7.52. The highest BCUT2D eigenvalue weighted by atomic mass is 35.5. The number of carbonyl (C=O) groups is 1. The molecule has 0 saturated heterocycles. The van der Waals surface area contributed by atoms with Gasteiger partial charge in [-0.05, 0) is 62.4 Å². The first-order valence-corrected chi connectivity index (χ1v) is 11.2. The highest BCUT2D eigenvalue weighted by molar-refractivity contribution is 6.31. The molecule has 6 nitrogen and oxygen atoms in total. The van der Waals surface area contributed by atoms with E-state index in [2.05, 4.69) is 10.1 Å². The van der Waals surface area contributed by atoms with Crippen LogP contribution in [0.5, 0.6) is 0 Å². The predicted molar refractivity (Wildman–Crippen MR) is 132 cm³/mol. The van der Waals surface area contributed by atoms with Crippen LogP contribution in [-0.2, 0) is 6.54 Å². The lowest BCUT2D eigenvalue weighted by atomic mass is 10.0. The van der Waals surface area contributed by atoms with Crippen molar-refractivity contribution in [1.82, 2.24) is 14.8 Å².